The van der Waals surface area contributed by atoms with E-state index in [-0.39, 0.29) is 16.7 Å². The van der Waals surface area contributed by atoms with Gasteiger partial charge in [0.1, 0.15) is 11.6 Å². The molecule has 1 heterocycles. The van der Waals surface area contributed by atoms with Crippen LogP contribution in [0, 0.1) is 17.7 Å². The number of Topliss-reactive ketones (excluding diaryl/α,β-unsaturated/α-hetero) is 1. The molecule has 0 bridgehead atoms. The molecule has 0 aliphatic carbocycles. The molecule has 0 radical (unpaired) electrons. The predicted octanol–water partition coefficient (Wildman–Crippen LogP) is 2.45. The van der Waals surface area contributed by atoms with Crippen molar-refractivity contribution in [3.63, 3.8) is 0 Å². The molecular formula is C13H15ClFNO. The van der Waals surface area contributed by atoms with E-state index >= 15 is 0 Å². The SMILES string of the molecule is CC(C(=O)Cc1ccc(F)c(Cl)c1)C1CNC1. The lowest BCUT2D eigenvalue weighted by Gasteiger charge is -2.31. The molecule has 1 fully saturated rings. The van der Waals surface area contributed by atoms with Gasteiger partial charge in [0, 0.05) is 12.3 Å². The van der Waals surface area contributed by atoms with Gasteiger partial charge in [-0.3, -0.25) is 4.79 Å². The molecule has 1 aliphatic heterocycles. The zero-order valence-corrected chi connectivity index (χ0v) is 10.4. The molecule has 1 atom stereocenters. The van der Waals surface area contributed by atoms with Crippen LogP contribution in [0.2, 0.25) is 5.02 Å². The van der Waals surface area contributed by atoms with Gasteiger partial charge in [0.15, 0.2) is 0 Å². The van der Waals surface area contributed by atoms with E-state index in [0.717, 1.165) is 18.7 Å². The normalized spacial score (nSPS) is 17.6. The highest BCUT2D eigenvalue weighted by molar-refractivity contribution is 6.30. The predicted molar refractivity (Wildman–Crippen MR) is 65.6 cm³/mol. The maximum atomic E-state index is 13.0. The van der Waals surface area contributed by atoms with Crippen LogP contribution in [-0.2, 0) is 11.2 Å². The average molecular weight is 256 g/mol. The zero-order chi connectivity index (χ0) is 12.4. The van der Waals surface area contributed by atoms with Crippen molar-refractivity contribution in [2.45, 2.75) is 13.3 Å². The van der Waals surface area contributed by atoms with Crippen molar-refractivity contribution in [1.82, 2.24) is 5.32 Å². The smallest absolute Gasteiger partial charge is 0.141 e. The third-order valence-corrected chi connectivity index (χ3v) is 3.68. The summed E-state index contributed by atoms with van der Waals surface area (Å²) < 4.78 is 13.0. The summed E-state index contributed by atoms with van der Waals surface area (Å²) in [5.41, 5.74) is 0.778. The third kappa shape index (κ3) is 2.85. The van der Waals surface area contributed by atoms with E-state index < -0.39 is 5.82 Å². The molecule has 1 aromatic rings. The highest BCUT2D eigenvalue weighted by Crippen LogP contribution is 2.21. The fourth-order valence-corrected chi connectivity index (χ4v) is 2.14. The van der Waals surface area contributed by atoms with E-state index in [1.165, 1.54) is 12.1 Å². The lowest BCUT2D eigenvalue weighted by molar-refractivity contribution is -0.123. The van der Waals surface area contributed by atoms with E-state index in [1.54, 1.807) is 6.07 Å². The Morgan fingerprint density at radius 3 is 2.82 bits per heavy atom. The largest absolute Gasteiger partial charge is 0.316 e. The van der Waals surface area contributed by atoms with Crippen LogP contribution >= 0.6 is 11.6 Å². The summed E-state index contributed by atoms with van der Waals surface area (Å²) in [6.07, 6.45) is 0.331. The highest BCUT2D eigenvalue weighted by Gasteiger charge is 2.28. The summed E-state index contributed by atoms with van der Waals surface area (Å²) in [4.78, 5) is 12.0. The Bertz CT molecular complexity index is 431. The van der Waals surface area contributed by atoms with Gasteiger partial charge in [-0.2, -0.15) is 0 Å². The molecular weight excluding hydrogens is 241 g/mol. The van der Waals surface area contributed by atoms with E-state index in [1.807, 2.05) is 6.92 Å². The number of carbonyl (C=O) groups is 1. The van der Waals surface area contributed by atoms with E-state index in [0.29, 0.717) is 12.3 Å². The summed E-state index contributed by atoms with van der Waals surface area (Å²) in [6.45, 7) is 3.78. The standard InChI is InChI=1S/C13H15ClFNO/c1-8(10-6-16-7-10)13(17)5-9-2-3-12(15)11(14)4-9/h2-4,8,10,16H,5-7H2,1H3. The maximum Gasteiger partial charge on any atom is 0.141 e. The second kappa shape index (κ2) is 5.15. The molecule has 2 nitrogen and oxygen atoms in total. The summed E-state index contributed by atoms with van der Waals surface area (Å²) in [6, 6.07) is 4.45. The monoisotopic (exact) mass is 255 g/mol. The number of benzene rings is 1. The fourth-order valence-electron chi connectivity index (χ4n) is 1.94. The van der Waals surface area contributed by atoms with Crippen LogP contribution in [-0.4, -0.2) is 18.9 Å². The number of rotatable bonds is 4. The molecule has 1 unspecified atom stereocenters. The van der Waals surface area contributed by atoms with Crippen molar-refractivity contribution in [2.75, 3.05) is 13.1 Å². The lowest BCUT2D eigenvalue weighted by Crippen LogP contribution is -2.47. The third-order valence-electron chi connectivity index (χ3n) is 3.39. The Balaban J connectivity index is 1.99. The molecule has 0 spiro atoms. The first-order valence-electron chi connectivity index (χ1n) is 5.75. The molecule has 0 saturated carbocycles. The number of hydrogen-bond donors (Lipinski definition) is 1. The van der Waals surface area contributed by atoms with Gasteiger partial charge in [0.25, 0.3) is 0 Å². The van der Waals surface area contributed by atoms with Gasteiger partial charge >= 0.3 is 0 Å². The van der Waals surface area contributed by atoms with Crippen molar-refractivity contribution in [3.05, 3.63) is 34.6 Å². The van der Waals surface area contributed by atoms with E-state index in [2.05, 4.69) is 5.32 Å². The Morgan fingerprint density at radius 2 is 2.29 bits per heavy atom. The van der Waals surface area contributed by atoms with Crippen LogP contribution in [0.25, 0.3) is 0 Å². The Labute approximate surface area is 105 Å². The van der Waals surface area contributed by atoms with Crippen LogP contribution in [0.4, 0.5) is 4.39 Å². The van der Waals surface area contributed by atoms with Gasteiger partial charge in [-0.05, 0) is 36.7 Å². The minimum Gasteiger partial charge on any atom is -0.316 e. The van der Waals surface area contributed by atoms with Gasteiger partial charge in [0.05, 0.1) is 5.02 Å². The number of halogens is 2. The summed E-state index contributed by atoms with van der Waals surface area (Å²) in [5, 5.41) is 3.23. The maximum absolute atomic E-state index is 13.0. The average Bonchev–Trinajstić information content (AvgIpc) is 2.21. The van der Waals surface area contributed by atoms with Crippen molar-refractivity contribution < 1.29 is 9.18 Å². The number of hydrogen-bond acceptors (Lipinski definition) is 2. The van der Waals surface area contributed by atoms with Crippen molar-refractivity contribution >= 4 is 17.4 Å². The van der Waals surface area contributed by atoms with Crippen molar-refractivity contribution in [1.29, 1.82) is 0 Å². The van der Waals surface area contributed by atoms with Gasteiger partial charge in [-0.15, -0.1) is 0 Å². The molecule has 0 amide bonds. The lowest BCUT2D eigenvalue weighted by atomic mass is 9.84. The van der Waals surface area contributed by atoms with Crippen molar-refractivity contribution in [2.24, 2.45) is 11.8 Å². The van der Waals surface area contributed by atoms with Crippen LogP contribution in [0.5, 0.6) is 0 Å². The van der Waals surface area contributed by atoms with Gasteiger partial charge in [-0.1, -0.05) is 24.6 Å². The topological polar surface area (TPSA) is 29.1 Å². The molecule has 1 N–H and O–H groups in total. The number of ketones is 1. The Kier molecular flexibility index (Phi) is 3.79. The van der Waals surface area contributed by atoms with E-state index in [4.69, 9.17) is 11.6 Å². The Morgan fingerprint density at radius 1 is 1.59 bits per heavy atom. The first kappa shape index (κ1) is 12.5. The summed E-state index contributed by atoms with van der Waals surface area (Å²) >= 11 is 5.68. The highest BCUT2D eigenvalue weighted by atomic mass is 35.5. The zero-order valence-electron chi connectivity index (χ0n) is 9.67. The molecule has 0 aromatic heterocycles. The second-order valence-electron chi connectivity index (χ2n) is 4.60. The summed E-state index contributed by atoms with van der Waals surface area (Å²) in [7, 11) is 0. The molecule has 2 rings (SSSR count). The van der Waals surface area contributed by atoms with Crippen LogP contribution in [0.15, 0.2) is 18.2 Å². The molecule has 92 valence electrons. The minimum atomic E-state index is -0.445. The number of carbonyl (C=O) groups excluding carboxylic acids is 1. The van der Waals surface area contributed by atoms with E-state index in [9.17, 15) is 9.18 Å². The molecule has 1 aliphatic rings. The first-order chi connectivity index (χ1) is 8.08. The van der Waals surface area contributed by atoms with Crippen LogP contribution in [0.3, 0.4) is 0 Å². The molecule has 17 heavy (non-hydrogen) atoms. The Hall–Kier alpha value is -0.930. The molecule has 4 heteroatoms. The molecule has 1 saturated heterocycles. The first-order valence-corrected chi connectivity index (χ1v) is 6.13. The quantitative estimate of drug-likeness (QED) is 0.896. The molecule has 1 aromatic carbocycles. The van der Waals surface area contributed by atoms with Gasteiger partial charge in [-0.25, -0.2) is 4.39 Å². The second-order valence-corrected chi connectivity index (χ2v) is 5.01. The van der Waals surface area contributed by atoms with Crippen LogP contribution < -0.4 is 5.32 Å². The van der Waals surface area contributed by atoms with Gasteiger partial charge < -0.3 is 5.32 Å². The minimum absolute atomic E-state index is 0.0556. The van der Waals surface area contributed by atoms with Gasteiger partial charge in [0.2, 0.25) is 0 Å². The summed E-state index contributed by atoms with van der Waals surface area (Å²) in [5.74, 6) is 0.247. The van der Waals surface area contributed by atoms with Crippen molar-refractivity contribution in [3.8, 4) is 0 Å². The van der Waals surface area contributed by atoms with Crippen LogP contribution in [0.1, 0.15) is 12.5 Å². The number of nitrogens with one attached hydrogen (secondary N) is 1. The fraction of sp³-hybridized carbons (Fsp3) is 0.462.